The van der Waals surface area contributed by atoms with Crippen LogP contribution in [0.3, 0.4) is 0 Å². The zero-order valence-electron chi connectivity index (χ0n) is 11.9. The molecular weight excluding hydrogens is 236 g/mol. The SMILES string of the molecule is CCc1ccc(OCCC(=O)C2CCCCC2)cc1. The van der Waals surface area contributed by atoms with Crippen LogP contribution in [0.15, 0.2) is 24.3 Å². The van der Waals surface area contributed by atoms with Gasteiger partial charge in [-0.1, -0.05) is 38.3 Å². The first-order chi connectivity index (χ1) is 9.29. The van der Waals surface area contributed by atoms with Crippen molar-refractivity contribution in [2.24, 2.45) is 5.92 Å². The maximum absolute atomic E-state index is 12.0. The Balaban J connectivity index is 1.71. The van der Waals surface area contributed by atoms with E-state index in [2.05, 4.69) is 19.1 Å². The molecule has 2 heteroatoms. The summed E-state index contributed by atoms with van der Waals surface area (Å²) in [6.07, 6.45) is 7.50. The molecule has 0 atom stereocenters. The summed E-state index contributed by atoms with van der Waals surface area (Å²) in [7, 11) is 0. The molecule has 104 valence electrons. The molecule has 19 heavy (non-hydrogen) atoms. The Bertz CT molecular complexity index is 388. The summed E-state index contributed by atoms with van der Waals surface area (Å²) in [6, 6.07) is 8.14. The van der Waals surface area contributed by atoms with Gasteiger partial charge in [0.1, 0.15) is 11.5 Å². The first-order valence-electron chi connectivity index (χ1n) is 7.54. The van der Waals surface area contributed by atoms with E-state index >= 15 is 0 Å². The topological polar surface area (TPSA) is 26.3 Å². The Morgan fingerprint density at radius 2 is 1.84 bits per heavy atom. The Hall–Kier alpha value is -1.31. The van der Waals surface area contributed by atoms with E-state index < -0.39 is 0 Å². The highest BCUT2D eigenvalue weighted by atomic mass is 16.5. The van der Waals surface area contributed by atoms with Crippen molar-refractivity contribution in [1.82, 2.24) is 0 Å². The van der Waals surface area contributed by atoms with Gasteiger partial charge in [0.05, 0.1) is 6.61 Å². The zero-order chi connectivity index (χ0) is 13.5. The average Bonchev–Trinajstić information content (AvgIpc) is 2.49. The number of ether oxygens (including phenoxy) is 1. The van der Waals surface area contributed by atoms with Gasteiger partial charge in [0, 0.05) is 12.3 Å². The van der Waals surface area contributed by atoms with Crippen LogP contribution < -0.4 is 4.74 Å². The molecule has 0 saturated heterocycles. The summed E-state index contributed by atoms with van der Waals surface area (Å²) < 4.78 is 5.65. The molecule has 0 unspecified atom stereocenters. The van der Waals surface area contributed by atoms with Crippen LogP contribution in [-0.4, -0.2) is 12.4 Å². The molecule has 0 spiro atoms. The number of carbonyl (C=O) groups excluding carboxylic acids is 1. The maximum Gasteiger partial charge on any atom is 0.139 e. The minimum absolute atomic E-state index is 0.305. The van der Waals surface area contributed by atoms with Gasteiger partial charge < -0.3 is 4.74 Å². The van der Waals surface area contributed by atoms with E-state index in [1.165, 1.54) is 24.8 Å². The third kappa shape index (κ3) is 4.38. The molecule has 2 nitrogen and oxygen atoms in total. The monoisotopic (exact) mass is 260 g/mol. The molecule has 0 heterocycles. The second kappa shape index (κ2) is 7.32. The first kappa shape index (κ1) is 14.1. The zero-order valence-corrected chi connectivity index (χ0v) is 11.9. The second-order valence-corrected chi connectivity index (χ2v) is 5.40. The number of benzene rings is 1. The number of Topliss-reactive ketones (excluding diaryl/α,β-unsaturated/α-hetero) is 1. The molecular formula is C17H24O2. The van der Waals surface area contributed by atoms with Crippen LogP contribution in [0.2, 0.25) is 0 Å². The van der Waals surface area contributed by atoms with Gasteiger partial charge in [0.25, 0.3) is 0 Å². The van der Waals surface area contributed by atoms with Gasteiger partial charge in [-0.2, -0.15) is 0 Å². The predicted octanol–water partition coefficient (Wildman–Crippen LogP) is 4.17. The van der Waals surface area contributed by atoms with E-state index in [-0.39, 0.29) is 0 Å². The van der Waals surface area contributed by atoms with Gasteiger partial charge in [-0.15, -0.1) is 0 Å². The molecule has 1 aromatic carbocycles. The molecule has 1 saturated carbocycles. The van der Waals surface area contributed by atoms with Crippen molar-refractivity contribution >= 4 is 5.78 Å². The molecule has 2 rings (SSSR count). The van der Waals surface area contributed by atoms with Crippen LogP contribution in [0.5, 0.6) is 5.75 Å². The van der Waals surface area contributed by atoms with E-state index in [0.29, 0.717) is 24.7 Å². The number of carbonyl (C=O) groups is 1. The summed E-state index contributed by atoms with van der Waals surface area (Å²) >= 11 is 0. The summed E-state index contributed by atoms with van der Waals surface area (Å²) in [5.41, 5.74) is 1.31. The smallest absolute Gasteiger partial charge is 0.139 e. The van der Waals surface area contributed by atoms with E-state index in [1.807, 2.05) is 12.1 Å². The summed E-state index contributed by atoms with van der Waals surface area (Å²) in [5, 5.41) is 0. The third-order valence-corrected chi connectivity index (χ3v) is 4.01. The van der Waals surface area contributed by atoms with Crippen molar-refractivity contribution < 1.29 is 9.53 Å². The van der Waals surface area contributed by atoms with Crippen molar-refractivity contribution in [3.05, 3.63) is 29.8 Å². The molecule has 0 amide bonds. The standard InChI is InChI=1S/C17H24O2/c1-2-14-8-10-16(11-9-14)19-13-12-17(18)15-6-4-3-5-7-15/h8-11,15H,2-7,12-13H2,1H3. The minimum atomic E-state index is 0.305. The van der Waals surface area contributed by atoms with Crippen molar-refractivity contribution in [1.29, 1.82) is 0 Å². The number of rotatable bonds is 6. The Morgan fingerprint density at radius 1 is 1.16 bits per heavy atom. The van der Waals surface area contributed by atoms with E-state index in [0.717, 1.165) is 25.0 Å². The van der Waals surface area contributed by atoms with Crippen LogP contribution >= 0.6 is 0 Å². The Kier molecular flexibility index (Phi) is 5.44. The lowest BCUT2D eigenvalue weighted by atomic mass is 9.85. The summed E-state index contributed by atoms with van der Waals surface area (Å²) in [6.45, 7) is 2.65. The van der Waals surface area contributed by atoms with Crippen molar-refractivity contribution in [3.8, 4) is 5.75 Å². The van der Waals surface area contributed by atoms with Crippen molar-refractivity contribution in [2.75, 3.05) is 6.61 Å². The summed E-state index contributed by atoms with van der Waals surface area (Å²) in [4.78, 5) is 12.0. The predicted molar refractivity (Wildman–Crippen MR) is 77.5 cm³/mol. The van der Waals surface area contributed by atoms with Gasteiger partial charge in [-0.05, 0) is 37.0 Å². The van der Waals surface area contributed by atoms with Crippen molar-refractivity contribution in [3.63, 3.8) is 0 Å². The quantitative estimate of drug-likeness (QED) is 0.767. The van der Waals surface area contributed by atoms with Crippen LogP contribution in [0.4, 0.5) is 0 Å². The molecule has 1 aromatic rings. The lowest BCUT2D eigenvalue weighted by Crippen LogP contribution is -2.19. The minimum Gasteiger partial charge on any atom is -0.493 e. The largest absolute Gasteiger partial charge is 0.493 e. The highest BCUT2D eigenvalue weighted by Crippen LogP contribution is 2.25. The lowest BCUT2D eigenvalue weighted by molar-refractivity contribution is -0.124. The Labute approximate surface area is 116 Å². The van der Waals surface area contributed by atoms with Gasteiger partial charge in [0.2, 0.25) is 0 Å². The number of hydrogen-bond donors (Lipinski definition) is 0. The van der Waals surface area contributed by atoms with E-state index in [1.54, 1.807) is 0 Å². The normalized spacial score (nSPS) is 16.3. The van der Waals surface area contributed by atoms with Gasteiger partial charge >= 0.3 is 0 Å². The highest BCUT2D eigenvalue weighted by Gasteiger charge is 2.20. The molecule has 0 bridgehead atoms. The first-order valence-corrected chi connectivity index (χ1v) is 7.54. The molecule has 1 fully saturated rings. The average molecular weight is 260 g/mol. The Morgan fingerprint density at radius 3 is 2.47 bits per heavy atom. The third-order valence-electron chi connectivity index (χ3n) is 4.01. The number of aryl methyl sites for hydroxylation is 1. The molecule has 0 radical (unpaired) electrons. The maximum atomic E-state index is 12.0. The summed E-state index contributed by atoms with van der Waals surface area (Å²) in [5.74, 6) is 1.57. The fraction of sp³-hybridized carbons (Fsp3) is 0.588. The molecule has 0 aliphatic heterocycles. The molecule has 0 aromatic heterocycles. The second-order valence-electron chi connectivity index (χ2n) is 5.40. The number of hydrogen-bond acceptors (Lipinski definition) is 2. The van der Waals surface area contributed by atoms with Crippen LogP contribution in [0, 0.1) is 5.92 Å². The van der Waals surface area contributed by atoms with Crippen LogP contribution in [-0.2, 0) is 11.2 Å². The number of ketones is 1. The fourth-order valence-electron chi connectivity index (χ4n) is 2.72. The fourth-order valence-corrected chi connectivity index (χ4v) is 2.72. The lowest BCUT2D eigenvalue weighted by Gasteiger charge is -2.20. The van der Waals surface area contributed by atoms with Crippen LogP contribution in [0.1, 0.15) is 51.0 Å². The van der Waals surface area contributed by atoms with Gasteiger partial charge in [-0.3, -0.25) is 4.79 Å². The van der Waals surface area contributed by atoms with E-state index in [9.17, 15) is 4.79 Å². The molecule has 1 aliphatic carbocycles. The highest BCUT2D eigenvalue weighted by molar-refractivity contribution is 5.81. The van der Waals surface area contributed by atoms with Gasteiger partial charge in [-0.25, -0.2) is 0 Å². The molecule has 0 N–H and O–H groups in total. The van der Waals surface area contributed by atoms with Crippen LogP contribution in [0.25, 0.3) is 0 Å². The van der Waals surface area contributed by atoms with Gasteiger partial charge in [0.15, 0.2) is 0 Å². The van der Waals surface area contributed by atoms with E-state index in [4.69, 9.17) is 4.74 Å². The molecule has 1 aliphatic rings. The van der Waals surface area contributed by atoms with Crippen molar-refractivity contribution in [2.45, 2.75) is 51.9 Å².